The van der Waals surface area contributed by atoms with Crippen molar-refractivity contribution in [2.24, 2.45) is 0 Å². The molecule has 0 aliphatic rings. The maximum absolute atomic E-state index is 13.3. The number of hydrogen-bond acceptors (Lipinski definition) is 4. The van der Waals surface area contributed by atoms with Crippen molar-refractivity contribution in [1.82, 2.24) is 15.3 Å². The lowest BCUT2D eigenvalue weighted by molar-refractivity contribution is 0.0954. The quantitative estimate of drug-likeness (QED) is 0.783. The monoisotopic (exact) mass is 341 g/mol. The van der Waals surface area contributed by atoms with Gasteiger partial charge in [-0.15, -0.1) is 11.3 Å². The van der Waals surface area contributed by atoms with Gasteiger partial charge < -0.3 is 5.32 Å². The Labute approximate surface area is 143 Å². The molecule has 3 aromatic rings. The molecule has 0 saturated carbocycles. The number of nitrogens with one attached hydrogen (secondary N) is 1. The molecule has 0 saturated heterocycles. The van der Waals surface area contributed by atoms with Gasteiger partial charge in [0.25, 0.3) is 5.91 Å². The van der Waals surface area contributed by atoms with E-state index in [0.29, 0.717) is 22.7 Å². The Balaban J connectivity index is 1.73. The van der Waals surface area contributed by atoms with Crippen molar-refractivity contribution < 1.29 is 9.18 Å². The highest BCUT2D eigenvalue weighted by atomic mass is 32.1. The number of carbonyl (C=O) groups excluding carboxylic acids is 1. The minimum absolute atomic E-state index is 0.186. The summed E-state index contributed by atoms with van der Waals surface area (Å²) in [6.45, 7) is 3.85. The summed E-state index contributed by atoms with van der Waals surface area (Å²) in [5.74, 6) is -0.433. The summed E-state index contributed by atoms with van der Waals surface area (Å²) in [6, 6.07) is 10.4. The van der Waals surface area contributed by atoms with Gasteiger partial charge in [-0.1, -0.05) is 18.2 Å². The van der Waals surface area contributed by atoms with Crippen LogP contribution in [0, 0.1) is 19.7 Å². The summed E-state index contributed by atoms with van der Waals surface area (Å²) in [5, 5.41) is 3.57. The van der Waals surface area contributed by atoms with Crippen LogP contribution in [0.15, 0.2) is 42.6 Å². The normalized spacial score (nSPS) is 10.6. The molecule has 24 heavy (non-hydrogen) atoms. The van der Waals surface area contributed by atoms with Gasteiger partial charge in [0.15, 0.2) is 0 Å². The second-order valence-corrected chi connectivity index (χ2v) is 6.41. The zero-order valence-electron chi connectivity index (χ0n) is 13.3. The van der Waals surface area contributed by atoms with Crippen LogP contribution in [0.3, 0.4) is 0 Å². The molecule has 0 radical (unpaired) electrons. The molecule has 0 unspecified atom stereocenters. The molecule has 6 heteroatoms. The molecule has 0 atom stereocenters. The Kier molecular flexibility index (Phi) is 4.66. The smallest absolute Gasteiger partial charge is 0.263 e. The van der Waals surface area contributed by atoms with Crippen molar-refractivity contribution in [3.8, 4) is 10.7 Å². The van der Waals surface area contributed by atoms with E-state index in [9.17, 15) is 9.18 Å². The zero-order chi connectivity index (χ0) is 17.1. The van der Waals surface area contributed by atoms with Crippen LogP contribution < -0.4 is 5.32 Å². The van der Waals surface area contributed by atoms with E-state index in [-0.39, 0.29) is 11.7 Å². The molecule has 4 nitrogen and oxygen atoms in total. The zero-order valence-corrected chi connectivity index (χ0v) is 14.2. The predicted molar refractivity (Wildman–Crippen MR) is 92.4 cm³/mol. The SMILES string of the molecule is Cc1cc(CNC(=O)c2sc(-c3ccccn3)nc2C)ccc1F. The fourth-order valence-corrected chi connectivity index (χ4v) is 3.24. The van der Waals surface area contributed by atoms with E-state index in [2.05, 4.69) is 15.3 Å². The highest BCUT2D eigenvalue weighted by Gasteiger charge is 2.16. The van der Waals surface area contributed by atoms with Crippen molar-refractivity contribution in [3.05, 3.63) is 70.1 Å². The van der Waals surface area contributed by atoms with Gasteiger partial charge in [-0.05, 0) is 43.2 Å². The van der Waals surface area contributed by atoms with E-state index in [1.54, 1.807) is 32.2 Å². The lowest BCUT2D eigenvalue weighted by Crippen LogP contribution is -2.22. The van der Waals surface area contributed by atoms with Crippen LogP contribution in [0.2, 0.25) is 0 Å². The molecule has 1 N–H and O–H groups in total. The van der Waals surface area contributed by atoms with Crippen molar-refractivity contribution in [3.63, 3.8) is 0 Å². The van der Waals surface area contributed by atoms with Gasteiger partial charge in [0.05, 0.1) is 11.4 Å². The first-order chi connectivity index (χ1) is 11.5. The van der Waals surface area contributed by atoms with E-state index in [4.69, 9.17) is 0 Å². The molecule has 1 amide bonds. The highest BCUT2D eigenvalue weighted by Crippen LogP contribution is 2.26. The van der Waals surface area contributed by atoms with Gasteiger partial charge in [-0.3, -0.25) is 9.78 Å². The minimum Gasteiger partial charge on any atom is -0.347 e. The molecular formula is C18H16FN3OS. The molecule has 2 heterocycles. The summed E-state index contributed by atoms with van der Waals surface area (Å²) in [7, 11) is 0. The fraction of sp³-hybridized carbons (Fsp3) is 0.167. The van der Waals surface area contributed by atoms with Gasteiger partial charge in [0.2, 0.25) is 0 Å². The van der Waals surface area contributed by atoms with Gasteiger partial charge in [-0.25, -0.2) is 9.37 Å². The number of carbonyl (C=O) groups is 1. The van der Waals surface area contributed by atoms with Crippen LogP contribution in [0.4, 0.5) is 4.39 Å². The molecular weight excluding hydrogens is 325 g/mol. The molecule has 1 aromatic carbocycles. The Morgan fingerprint density at radius 1 is 1.25 bits per heavy atom. The van der Waals surface area contributed by atoms with Crippen LogP contribution in [0.25, 0.3) is 10.7 Å². The lowest BCUT2D eigenvalue weighted by atomic mass is 10.1. The van der Waals surface area contributed by atoms with Gasteiger partial charge in [0, 0.05) is 12.7 Å². The summed E-state index contributed by atoms with van der Waals surface area (Å²) in [6.07, 6.45) is 1.70. The number of nitrogens with zero attached hydrogens (tertiary/aromatic N) is 2. The van der Waals surface area contributed by atoms with Crippen molar-refractivity contribution in [2.45, 2.75) is 20.4 Å². The molecule has 0 aliphatic heterocycles. The largest absolute Gasteiger partial charge is 0.347 e. The summed E-state index contributed by atoms with van der Waals surface area (Å²) < 4.78 is 13.3. The number of halogens is 1. The Hall–Kier alpha value is -2.60. The topological polar surface area (TPSA) is 54.9 Å². The Morgan fingerprint density at radius 2 is 2.08 bits per heavy atom. The first-order valence-electron chi connectivity index (χ1n) is 7.46. The molecule has 3 rings (SSSR count). The number of aromatic nitrogens is 2. The number of thiazole rings is 1. The van der Waals surface area contributed by atoms with E-state index in [1.165, 1.54) is 17.4 Å². The van der Waals surface area contributed by atoms with Crippen LogP contribution in [-0.4, -0.2) is 15.9 Å². The third-order valence-corrected chi connectivity index (χ3v) is 4.74. The average molecular weight is 341 g/mol. The van der Waals surface area contributed by atoms with E-state index in [0.717, 1.165) is 16.3 Å². The first kappa shape index (κ1) is 16.3. The van der Waals surface area contributed by atoms with Crippen molar-refractivity contribution >= 4 is 17.2 Å². The van der Waals surface area contributed by atoms with Crippen molar-refractivity contribution in [2.75, 3.05) is 0 Å². The third kappa shape index (κ3) is 3.49. The number of pyridine rings is 1. The fourth-order valence-electron chi connectivity index (χ4n) is 2.29. The van der Waals surface area contributed by atoms with E-state index < -0.39 is 0 Å². The van der Waals surface area contributed by atoms with E-state index in [1.807, 2.05) is 18.2 Å². The van der Waals surface area contributed by atoms with Crippen LogP contribution in [0.5, 0.6) is 0 Å². The third-order valence-electron chi connectivity index (χ3n) is 3.56. The number of amides is 1. The molecule has 2 aromatic heterocycles. The number of rotatable bonds is 4. The number of hydrogen-bond donors (Lipinski definition) is 1. The molecule has 122 valence electrons. The minimum atomic E-state index is -0.247. The van der Waals surface area contributed by atoms with Gasteiger partial charge >= 0.3 is 0 Å². The molecule has 0 fully saturated rings. The van der Waals surface area contributed by atoms with Crippen LogP contribution in [0.1, 0.15) is 26.5 Å². The highest BCUT2D eigenvalue weighted by molar-refractivity contribution is 7.17. The maximum Gasteiger partial charge on any atom is 0.263 e. The lowest BCUT2D eigenvalue weighted by Gasteiger charge is -2.05. The summed E-state index contributed by atoms with van der Waals surface area (Å²) in [5.41, 5.74) is 2.84. The van der Waals surface area contributed by atoms with Crippen LogP contribution in [-0.2, 0) is 6.54 Å². The Bertz CT molecular complexity index is 877. The molecule has 0 bridgehead atoms. The Morgan fingerprint density at radius 3 is 2.79 bits per heavy atom. The summed E-state index contributed by atoms with van der Waals surface area (Å²) >= 11 is 1.32. The van der Waals surface area contributed by atoms with E-state index >= 15 is 0 Å². The average Bonchev–Trinajstić information content (AvgIpc) is 2.98. The first-order valence-corrected chi connectivity index (χ1v) is 8.28. The number of benzene rings is 1. The molecule has 0 spiro atoms. The number of aryl methyl sites for hydroxylation is 2. The predicted octanol–water partition coefficient (Wildman–Crippen LogP) is 3.89. The molecule has 0 aliphatic carbocycles. The maximum atomic E-state index is 13.3. The van der Waals surface area contributed by atoms with Gasteiger partial charge in [0.1, 0.15) is 15.7 Å². The standard InChI is InChI=1S/C18H16FN3OS/c1-11-9-13(6-7-14(11)19)10-21-17(23)16-12(2)22-18(24-16)15-5-3-4-8-20-15/h3-9H,10H2,1-2H3,(H,21,23). The van der Waals surface area contributed by atoms with Crippen LogP contribution >= 0.6 is 11.3 Å². The van der Waals surface area contributed by atoms with Crippen molar-refractivity contribution in [1.29, 1.82) is 0 Å². The second kappa shape index (κ2) is 6.88. The second-order valence-electron chi connectivity index (χ2n) is 5.41. The van der Waals surface area contributed by atoms with Gasteiger partial charge in [-0.2, -0.15) is 0 Å². The summed E-state index contributed by atoms with van der Waals surface area (Å²) in [4.78, 5) is 21.6.